The van der Waals surface area contributed by atoms with E-state index in [1.807, 2.05) is 0 Å². The number of hydrogen-bond donors (Lipinski definition) is 2. The van der Waals surface area contributed by atoms with Crippen LogP contribution in [0.5, 0.6) is 0 Å². The number of nitrogens with two attached hydrogens (primary N) is 1. The number of aromatic nitrogens is 2. The molecule has 0 radical (unpaired) electrons. The minimum absolute atomic E-state index is 0.175. The number of nitrogen functional groups attached to an aromatic ring is 1. The summed E-state index contributed by atoms with van der Waals surface area (Å²) in [5.41, 5.74) is 6.43. The maximum absolute atomic E-state index is 11.8. The Morgan fingerprint density at radius 1 is 1.75 bits per heavy atom. The number of hydrogen-bond acceptors (Lipinski definition) is 3. The Morgan fingerprint density at radius 3 is 2.94 bits per heavy atom. The number of nitrogens with one attached hydrogen (secondary N) is 1. The quantitative estimate of drug-likeness (QED) is 0.790. The highest BCUT2D eigenvalue weighted by Crippen LogP contribution is 2.36. The van der Waals surface area contributed by atoms with Gasteiger partial charge in [0, 0.05) is 19.8 Å². The highest BCUT2D eigenvalue weighted by Gasteiger charge is 2.28. The molecule has 0 aromatic carbocycles. The predicted molar refractivity (Wildman–Crippen MR) is 61.8 cm³/mol. The van der Waals surface area contributed by atoms with Crippen molar-refractivity contribution in [2.75, 3.05) is 12.3 Å². The first-order valence-corrected chi connectivity index (χ1v) is 5.65. The van der Waals surface area contributed by atoms with E-state index in [0.717, 1.165) is 5.92 Å². The van der Waals surface area contributed by atoms with Gasteiger partial charge in [-0.25, -0.2) is 0 Å². The molecule has 0 bridgehead atoms. The van der Waals surface area contributed by atoms with Gasteiger partial charge in [-0.2, -0.15) is 5.10 Å². The van der Waals surface area contributed by atoms with Gasteiger partial charge < -0.3 is 11.1 Å². The van der Waals surface area contributed by atoms with E-state index in [1.54, 1.807) is 17.9 Å². The van der Waals surface area contributed by atoms with E-state index in [4.69, 9.17) is 5.73 Å². The summed E-state index contributed by atoms with van der Waals surface area (Å²) in [5, 5.41) is 6.91. The van der Waals surface area contributed by atoms with Crippen molar-refractivity contribution in [3.63, 3.8) is 0 Å². The summed E-state index contributed by atoms with van der Waals surface area (Å²) in [5.74, 6) is 1.17. The zero-order valence-electron chi connectivity index (χ0n) is 9.73. The lowest BCUT2D eigenvalue weighted by Gasteiger charge is -2.10. The predicted octanol–water partition coefficient (Wildman–Crippen LogP) is 0.778. The Hall–Kier alpha value is -1.52. The van der Waals surface area contributed by atoms with Gasteiger partial charge in [0.15, 0.2) is 5.69 Å². The molecule has 1 aromatic rings. The lowest BCUT2D eigenvalue weighted by atomic mass is 10.1. The standard InChI is InChI=1S/C11H18N4O/c1-7(8-3-4-8)5-13-11(16)10-9(12)6-15(2)14-10/h6-8H,3-5,12H2,1-2H3,(H,13,16). The number of carbonyl (C=O) groups excluding carboxylic acids is 1. The summed E-state index contributed by atoms with van der Waals surface area (Å²) < 4.78 is 1.55. The second-order valence-electron chi connectivity index (χ2n) is 4.63. The van der Waals surface area contributed by atoms with Gasteiger partial charge in [-0.15, -0.1) is 0 Å². The van der Waals surface area contributed by atoms with Crippen molar-refractivity contribution in [2.24, 2.45) is 18.9 Å². The van der Waals surface area contributed by atoms with Crippen molar-refractivity contribution >= 4 is 11.6 Å². The molecule has 0 spiro atoms. The number of anilines is 1. The van der Waals surface area contributed by atoms with Gasteiger partial charge >= 0.3 is 0 Å². The molecule has 0 aliphatic heterocycles. The average molecular weight is 222 g/mol. The Bertz CT molecular complexity index is 395. The van der Waals surface area contributed by atoms with Gasteiger partial charge in [-0.3, -0.25) is 9.48 Å². The van der Waals surface area contributed by atoms with Crippen LogP contribution in [0, 0.1) is 11.8 Å². The van der Waals surface area contributed by atoms with Gasteiger partial charge in [0.2, 0.25) is 0 Å². The zero-order chi connectivity index (χ0) is 11.7. The van der Waals surface area contributed by atoms with E-state index in [2.05, 4.69) is 17.3 Å². The summed E-state index contributed by atoms with van der Waals surface area (Å²) in [6.45, 7) is 2.87. The topological polar surface area (TPSA) is 72.9 Å². The lowest BCUT2D eigenvalue weighted by Crippen LogP contribution is -2.29. The Morgan fingerprint density at radius 2 is 2.44 bits per heavy atom. The molecular formula is C11H18N4O. The molecule has 1 aliphatic rings. The summed E-state index contributed by atoms with van der Waals surface area (Å²) in [4.78, 5) is 11.8. The molecule has 1 heterocycles. The number of amides is 1. The summed E-state index contributed by atoms with van der Waals surface area (Å²) >= 11 is 0. The lowest BCUT2D eigenvalue weighted by molar-refractivity contribution is 0.0942. The Kier molecular flexibility index (Phi) is 2.85. The van der Waals surface area contributed by atoms with Crippen LogP contribution in [0.3, 0.4) is 0 Å². The number of nitrogens with zero attached hydrogens (tertiary/aromatic N) is 2. The number of aryl methyl sites for hydroxylation is 1. The molecule has 1 aliphatic carbocycles. The molecule has 1 amide bonds. The van der Waals surface area contributed by atoms with Crippen molar-refractivity contribution < 1.29 is 4.79 Å². The van der Waals surface area contributed by atoms with Crippen LogP contribution in [0.15, 0.2) is 6.20 Å². The number of rotatable bonds is 4. The molecule has 88 valence electrons. The van der Waals surface area contributed by atoms with Gasteiger partial charge in [0.1, 0.15) is 0 Å². The van der Waals surface area contributed by atoms with Crippen LogP contribution >= 0.6 is 0 Å². The molecule has 1 unspecified atom stereocenters. The van der Waals surface area contributed by atoms with Gasteiger partial charge in [-0.1, -0.05) is 6.92 Å². The number of carbonyl (C=O) groups is 1. The smallest absolute Gasteiger partial charge is 0.273 e. The van der Waals surface area contributed by atoms with Gasteiger partial charge in [0.25, 0.3) is 5.91 Å². The fraction of sp³-hybridized carbons (Fsp3) is 0.636. The SMILES string of the molecule is CC(CNC(=O)c1nn(C)cc1N)C1CC1. The molecule has 5 heteroatoms. The first-order valence-electron chi connectivity index (χ1n) is 5.65. The molecule has 0 saturated heterocycles. The third-order valence-electron chi connectivity index (χ3n) is 3.08. The molecule has 1 aromatic heterocycles. The van der Waals surface area contributed by atoms with Crippen LogP contribution in [-0.2, 0) is 7.05 Å². The van der Waals surface area contributed by atoms with E-state index in [0.29, 0.717) is 23.8 Å². The van der Waals surface area contributed by atoms with Crippen molar-refractivity contribution in [3.05, 3.63) is 11.9 Å². The molecule has 16 heavy (non-hydrogen) atoms. The normalized spacial score (nSPS) is 17.1. The molecule has 5 nitrogen and oxygen atoms in total. The van der Waals surface area contributed by atoms with Crippen LogP contribution < -0.4 is 11.1 Å². The largest absolute Gasteiger partial charge is 0.396 e. The van der Waals surface area contributed by atoms with Crippen LogP contribution in [0.4, 0.5) is 5.69 Å². The second-order valence-corrected chi connectivity index (χ2v) is 4.63. The molecule has 1 saturated carbocycles. The average Bonchev–Trinajstić information content (AvgIpc) is 3.01. The van der Waals surface area contributed by atoms with Crippen LogP contribution in [0.2, 0.25) is 0 Å². The van der Waals surface area contributed by atoms with Gasteiger partial charge in [-0.05, 0) is 24.7 Å². The highest BCUT2D eigenvalue weighted by atomic mass is 16.1. The van der Waals surface area contributed by atoms with Crippen LogP contribution in [0.1, 0.15) is 30.3 Å². The maximum Gasteiger partial charge on any atom is 0.273 e. The summed E-state index contributed by atoms with van der Waals surface area (Å²) in [6.07, 6.45) is 4.23. The van der Waals surface area contributed by atoms with Gasteiger partial charge in [0.05, 0.1) is 5.69 Å². The fourth-order valence-electron chi connectivity index (χ4n) is 1.85. The van der Waals surface area contributed by atoms with Crippen LogP contribution in [0.25, 0.3) is 0 Å². The summed E-state index contributed by atoms with van der Waals surface area (Å²) in [7, 11) is 1.75. The van der Waals surface area contributed by atoms with Crippen LogP contribution in [-0.4, -0.2) is 22.2 Å². The van der Waals surface area contributed by atoms with E-state index >= 15 is 0 Å². The Balaban J connectivity index is 1.89. The van der Waals surface area contributed by atoms with Crippen molar-refractivity contribution in [1.29, 1.82) is 0 Å². The highest BCUT2D eigenvalue weighted by molar-refractivity contribution is 5.96. The third-order valence-corrected chi connectivity index (χ3v) is 3.08. The summed E-state index contributed by atoms with van der Waals surface area (Å²) in [6, 6.07) is 0. The zero-order valence-corrected chi connectivity index (χ0v) is 9.73. The first kappa shape index (κ1) is 11.0. The van der Waals surface area contributed by atoms with Crippen molar-refractivity contribution in [1.82, 2.24) is 15.1 Å². The first-order chi connectivity index (χ1) is 7.58. The maximum atomic E-state index is 11.8. The minimum Gasteiger partial charge on any atom is -0.396 e. The molecule has 2 rings (SSSR count). The second kappa shape index (κ2) is 4.15. The van der Waals surface area contributed by atoms with E-state index in [1.165, 1.54) is 12.8 Å². The van der Waals surface area contributed by atoms with Crippen molar-refractivity contribution in [2.45, 2.75) is 19.8 Å². The molecule has 1 fully saturated rings. The third kappa shape index (κ3) is 2.35. The van der Waals surface area contributed by atoms with Crippen molar-refractivity contribution in [3.8, 4) is 0 Å². The molecule has 1 atom stereocenters. The minimum atomic E-state index is -0.175. The molecule has 3 N–H and O–H groups in total. The van der Waals surface area contributed by atoms with E-state index in [9.17, 15) is 4.79 Å². The monoisotopic (exact) mass is 222 g/mol. The Labute approximate surface area is 95.0 Å². The fourth-order valence-corrected chi connectivity index (χ4v) is 1.85. The molecular weight excluding hydrogens is 204 g/mol. The van der Waals surface area contributed by atoms with E-state index in [-0.39, 0.29) is 5.91 Å². The van der Waals surface area contributed by atoms with E-state index < -0.39 is 0 Å².